The Morgan fingerprint density at radius 3 is 2.76 bits per heavy atom. The van der Waals surface area contributed by atoms with Crippen LogP contribution < -0.4 is 10.6 Å². The molecule has 2 saturated heterocycles. The molecule has 9 nitrogen and oxygen atoms in total. The summed E-state index contributed by atoms with van der Waals surface area (Å²) in [6.45, 7) is 8.47. The van der Waals surface area contributed by atoms with Crippen molar-refractivity contribution < 1.29 is 19.1 Å². The predicted octanol–water partition coefficient (Wildman–Crippen LogP) is 3.97. The number of H-pyrrole nitrogens is 1. The van der Waals surface area contributed by atoms with E-state index in [9.17, 15) is 9.59 Å². The highest BCUT2D eigenvalue weighted by atomic mass is 16.6. The molecule has 0 saturated carbocycles. The van der Waals surface area contributed by atoms with Gasteiger partial charge in [0, 0.05) is 35.8 Å². The monoisotopic (exact) mass is 453 g/mol. The van der Waals surface area contributed by atoms with Crippen molar-refractivity contribution in [1.82, 2.24) is 20.4 Å². The van der Waals surface area contributed by atoms with Crippen molar-refractivity contribution in [2.75, 3.05) is 11.9 Å². The summed E-state index contributed by atoms with van der Waals surface area (Å²) >= 11 is 0. The number of amides is 2. The van der Waals surface area contributed by atoms with Gasteiger partial charge in [-0.3, -0.25) is 9.89 Å². The van der Waals surface area contributed by atoms with Gasteiger partial charge >= 0.3 is 6.09 Å². The summed E-state index contributed by atoms with van der Waals surface area (Å²) in [4.78, 5) is 26.6. The third kappa shape index (κ3) is 4.06. The van der Waals surface area contributed by atoms with Crippen LogP contribution in [-0.4, -0.2) is 51.9 Å². The van der Waals surface area contributed by atoms with Gasteiger partial charge in [0.1, 0.15) is 12.2 Å². The predicted molar refractivity (Wildman–Crippen MR) is 122 cm³/mol. The van der Waals surface area contributed by atoms with Crippen LogP contribution in [0.15, 0.2) is 24.3 Å². The van der Waals surface area contributed by atoms with Crippen LogP contribution >= 0.6 is 0 Å². The average molecular weight is 454 g/mol. The Morgan fingerprint density at radius 2 is 2.00 bits per heavy atom. The fourth-order valence-electron chi connectivity index (χ4n) is 5.12. The number of hydrogen-bond acceptors (Lipinski definition) is 6. The molecule has 176 valence electrons. The van der Waals surface area contributed by atoms with Crippen LogP contribution in [0.1, 0.15) is 74.7 Å². The van der Waals surface area contributed by atoms with E-state index < -0.39 is 5.54 Å². The quantitative estimate of drug-likeness (QED) is 0.646. The summed E-state index contributed by atoms with van der Waals surface area (Å²) < 4.78 is 11.6. The Hall–Kier alpha value is -3.07. The van der Waals surface area contributed by atoms with Crippen LogP contribution in [0.2, 0.25) is 0 Å². The molecule has 4 atom stereocenters. The zero-order chi connectivity index (χ0) is 23.3. The lowest BCUT2D eigenvalue weighted by atomic mass is 9.94. The fraction of sp³-hybridized carbons (Fsp3) is 0.542. The molecular formula is C24H31N5O4. The van der Waals surface area contributed by atoms with E-state index in [1.807, 2.05) is 43.0 Å². The number of carbonyl (C=O) groups is 2. The van der Waals surface area contributed by atoms with E-state index >= 15 is 0 Å². The fourth-order valence-corrected chi connectivity index (χ4v) is 5.12. The number of carbonyl (C=O) groups excluding carboxylic acids is 2. The van der Waals surface area contributed by atoms with Crippen molar-refractivity contribution in [2.24, 2.45) is 0 Å². The lowest BCUT2D eigenvalue weighted by molar-refractivity contribution is 0.0416. The zero-order valence-electron chi connectivity index (χ0n) is 19.5. The van der Waals surface area contributed by atoms with Gasteiger partial charge in [-0.05, 0) is 64.3 Å². The van der Waals surface area contributed by atoms with Crippen LogP contribution in [0.25, 0.3) is 0 Å². The molecule has 0 spiro atoms. The minimum absolute atomic E-state index is 0.0501. The molecule has 1 aromatic heterocycles. The van der Waals surface area contributed by atoms with Crippen LogP contribution in [-0.2, 0) is 15.0 Å². The number of fused-ring (bicyclic) bond motifs is 1. The lowest BCUT2D eigenvalue weighted by Gasteiger charge is -2.26. The average Bonchev–Trinajstić information content (AvgIpc) is 3.51. The second kappa shape index (κ2) is 8.06. The van der Waals surface area contributed by atoms with E-state index in [1.54, 1.807) is 0 Å². The number of anilines is 2. The Balaban J connectivity index is 1.21. The van der Waals surface area contributed by atoms with Crippen LogP contribution in [0.4, 0.5) is 16.3 Å². The molecule has 2 fully saturated rings. The molecule has 3 aliphatic heterocycles. The highest BCUT2D eigenvalue weighted by Gasteiger charge is 2.37. The van der Waals surface area contributed by atoms with Crippen molar-refractivity contribution in [1.29, 1.82) is 0 Å². The van der Waals surface area contributed by atoms with E-state index in [0.717, 1.165) is 29.8 Å². The molecule has 5 rings (SSSR count). The number of nitrogens with one attached hydrogen (secondary N) is 3. The summed E-state index contributed by atoms with van der Waals surface area (Å²) in [6.07, 6.45) is 1.88. The maximum absolute atomic E-state index is 12.6. The van der Waals surface area contributed by atoms with Gasteiger partial charge in [0.25, 0.3) is 5.91 Å². The Morgan fingerprint density at radius 1 is 1.24 bits per heavy atom. The van der Waals surface area contributed by atoms with Crippen molar-refractivity contribution in [3.05, 3.63) is 41.1 Å². The molecule has 2 aromatic rings. The third-order valence-electron chi connectivity index (χ3n) is 6.97. The zero-order valence-corrected chi connectivity index (χ0v) is 19.5. The molecule has 0 unspecified atom stereocenters. The van der Waals surface area contributed by atoms with Crippen molar-refractivity contribution in [3.63, 3.8) is 0 Å². The van der Waals surface area contributed by atoms with E-state index in [2.05, 4.69) is 34.7 Å². The number of likely N-dealkylation sites (tertiary alicyclic amines) is 1. The van der Waals surface area contributed by atoms with Gasteiger partial charge in [0.2, 0.25) is 0 Å². The van der Waals surface area contributed by atoms with Crippen LogP contribution in [0, 0.1) is 0 Å². The Bertz CT molecular complexity index is 1070. The van der Waals surface area contributed by atoms with Gasteiger partial charge in [0.15, 0.2) is 5.82 Å². The van der Waals surface area contributed by atoms with Gasteiger partial charge in [0.05, 0.1) is 17.8 Å². The molecule has 3 aliphatic rings. The van der Waals surface area contributed by atoms with Crippen molar-refractivity contribution >= 4 is 23.5 Å². The maximum atomic E-state index is 12.6. The van der Waals surface area contributed by atoms with E-state index in [1.165, 1.54) is 0 Å². The lowest BCUT2D eigenvalue weighted by Crippen LogP contribution is -2.40. The largest absolute Gasteiger partial charge is 0.444 e. The van der Waals surface area contributed by atoms with E-state index in [0.29, 0.717) is 24.4 Å². The number of ether oxygens (including phenoxy) is 2. The Labute approximate surface area is 193 Å². The first-order chi connectivity index (χ1) is 15.7. The van der Waals surface area contributed by atoms with Gasteiger partial charge in [-0.1, -0.05) is 0 Å². The number of aromatic amines is 1. The normalized spacial score (nSPS) is 28.0. The molecule has 9 heteroatoms. The second-order valence-corrected chi connectivity index (χ2v) is 9.92. The topological polar surface area (TPSA) is 109 Å². The highest BCUT2D eigenvalue weighted by Crippen LogP contribution is 2.35. The SMILES string of the molecule is C[C@H]1CC[C@H](C)N1C(=O)O[C@H]1CO[C@@H](c2cc(Nc3ccc4c(c3)C(C)(C)NC4=O)n[nH]2)C1. The maximum Gasteiger partial charge on any atom is 0.410 e. The minimum atomic E-state index is -0.407. The van der Waals surface area contributed by atoms with Crippen LogP contribution in [0.5, 0.6) is 0 Å². The van der Waals surface area contributed by atoms with Crippen molar-refractivity contribution in [2.45, 2.75) is 76.8 Å². The molecule has 2 amide bonds. The van der Waals surface area contributed by atoms with Crippen molar-refractivity contribution in [3.8, 4) is 0 Å². The molecule has 4 heterocycles. The number of hydrogen-bond donors (Lipinski definition) is 3. The van der Waals surface area contributed by atoms with Gasteiger partial charge in [-0.15, -0.1) is 0 Å². The number of benzene rings is 1. The minimum Gasteiger partial charge on any atom is -0.444 e. The standard InChI is InChI=1S/C24H31N5O4/c1-13-5-6-14(2)29(13)23(31)33-16-10-20(32-12-16)19-11-21(28-27-19)25-15-7-8-17-18(9-15)24(3,4)26-22(17)30/h7-9,11,13-14,16,20H,5-6,10,12H2,1-4H3,(H,26,30)(H2,25,27,28)/t13-,14-,16+,20+/m0/s1. The number of aromatic nitrogens is 2. The highest BCUT2D eigenvalue weighted by molar-refractivity contribution is 6.00. The summed E-state index contributed by atoms with van der Waals surface area (Å²) in [5.74, 6) is 0.606. The van der Waals surface area contributed by atoms with Gasteiger partial charge in [-0.2, -0.15) is 5.10 Å². The molecular weight excluding hydrogens is 422 g/mol. The smallest absolute Gasteiger partial charge is 0.410 e. The first kappa shape index (κ1) is 21.8. The molecule has 0 radical (unpaired) electrons. The molecule has 33 heavy (non-hydrogen) atoms. The van der Waals surface area contributed by atoms with Crippen LogP contribution in [0.3, 0.4) is 0 Å². The molecule has 1 aromatic carbocycles. The second-order valence-electron chi connectivity index (χ2n) is 9.92. The molecule has 0 aliphatic carbocycles. The summed E-state index contributed by atoms with van der Waals surface area (Å²) in [7, 11) is 0. The van der Waals surface area contributed by atoms with E-state index in [-0.39, 0.29) is 36.3 Å². The Kier molecular flexibility index (Phi) is 5.31. The van der Waals surface area contributed by atoms with E-state index in [4.69, 9.17) is 9.47 Å². The molecule has 3 N–H and O–H groups in total. The van der Waals surface area contributed by atoms with Gasteiger partial charge < -0.3 is 25.0 Å². The number of rotatable bonds is 4. The van der Waals surface area contributed by atoms with Gasteiger partial charge in [-0.25, -0.2) is 4.79 Å². The first-order valence-electron chi connectivity index (χ1n) is 11.6. The third-order valence-corrected chi connectivity index (χ3v) is 6.97. The molecule has 0 bridgehead atoms. The summed E-state index contributed by atoms with van der Waals surface area (Å²) in [6, 6.07) is 8.01. The first-order valence-corrected chi connectivity index (χ1v) is 11.6. The number of nitrogens with zero attached hydrogens (tertiary/aromatic N) is 2. The summed E-state index contributed by atoms with van der Waals surface area (Å²) in [5, 5.41) is 13.7. The summed E-state index contributed by atoms with van der Waals surface area (Å²) in [5.41, 5.74) is 2.93.